The van der Waals surface area contributed by atoms with Crippen molar-refractivity contribution in [2.75, 3.05) is 0 Å². The second-order valence-electron chi connectivity index (χ2n) is 9.47. The van der Waals surface area contributed by atoms with Crippen LogP contribution >= 0.6 is 11.6 Å². The van der Waals surface area contributed by atoms with Crippen molar-refractivity contribution in [3.05, 3.63) is 46.5 Å². The van der Waals surface area contributed by atoms with Crippen LogP contribution in [0.2, 0.25) is 23.2 Å². The third-order valence-corrected chi connectivity index (χ3v) is 10.5. The van der Waals surface area contributed by atoms with Crippen LogP contribution in [-0.4, -0.2) is 31.3 Å². The van der Waals surface area contributed by atoms with Crippen molar-refractivity contribution in [1.82, 2.24) is 0 Å². The van der Waals surface area contributed by atoms with E-state index in [2.05, 4.69) is 33.9 Å². The lowest BCUT2D eigenvalue weighted by atomic mass is 9.99. The van der Waals surface area contributed by atoms with Gasteiger partial charge in [-0.3, -0.25) is 4.79 Å². The average Bonchev–Trinajstić information content (AvgIpc) is 2.63. The number of aromatic hydroxyl groups is 1. The van der Waals surface area contributed by atoms with E-state index in [1.54, 1.807) is 6.92 Å². The molecular formula is C24H33ClO5Si. The van der Waals surface area contributed by atoms with Crippen molar-refractivity contribution in [2.24, 2.45) is 0 Å². The van der Waals surface area contributed by atoms with E-state index < -0.39 is 14.3 Å². The normalized spacial score (nSPS) is 20.9. The molecule has 0 unspecified atom stereocenters. The molecule has 1 atom stereocenters. The molecular weight excluding hydrogens is 432 g/mol. The number of phenolic OH excluding ortho intramolecular Hbond substituents is 1. The van der Waals surface area contributed by atoms with E-state index in [-0.39, 0.29) is 51.0 Å². The topological polar surface area (TPSA) is 72.8 Å². The number of cyclic esters (lactones) is 1. The summed E-state index contributed by atoms with van der Waals surface area (Å²) < 4.78 is 11.8. The summed E-state index contributed by atoms with van der Waals surface area (Å²) in [6.45, 7) is 12.2. The summed E-state index contributed by atoms with van der Waals surface area (Å²) in [6.07, 6.45) is 8.82. The van der Waals surface area contributed by atoms with Gasteiger partial charge in [0.05, 0.1) is 5.02 Å². The number of carbonyl (C=O) groups is 2. The molecule has 7 heteroatoms. The van der Waals surface area contributed by atoms with Gasteiger partial charge in [-0.15, -0.1) is 0 Å². The maximum atomic E-state index is 12.9. The molecule has 0 bridgehead atoms. The Morgan fingerprint density at radius 3 is 2.45 bits per heavy atom. The Morgan fingerprint density at radius 1 is 1.16 bits per heavy atom. The predicted octanol–water partition coefficient (Wildman–Crippen LogP) is 6.38. The van der Waals surface area contributed by atoms with Gasteiger partial charge in [0.15, 0.2) is 5.78 Å². The second kappa shape index (κ2) is 10.0. The number of rotatable bonds is 2. The highest BCUT2D eigenvalue weighted by Crippen LogP contribution is 2.43. The number of carbonyl (C=O) groups excluding carboxylic acids is 2. The maximum absolute atomic E-state index is 12.9. The fourth-order valence-corrected chi connectivity index (χ4v) is 4.24. The first-order valence-electron chi connectivity index (χ1n) is 10.6. The van der Waals surface area contributed by atoms with Gasteiger partial charge in [0.2, 0.25) is 0 Å². The molecule has 1 heterocycles. The van der Waals surface area contributed by atoms with Gasteiger partial charge in [-0.25, -0.2) is 4.79 Å². The first-order chi connectivity index (χ1) is 14.3. The highest BCUT2D eigenvalue weighted by atomic mass is 35.5. The van der Waals surface area contributed by atoms with Crippen molar-refractivity contribution in [3.8, 4) is 11.5 Å². The molecule has 5 nitrogen and oxygen atoms in total. The number of ether oxygens (including phenoxy) is 1. The summed E-state index contributed by atoms with van der Waals surface area (Å²) in [6, 6.07) is 1.36. The smallest absolute Gasteiger partial charge is 0.342 e. The van der Waals surface area contributed by atoms with E-state index in [1.807, 2.05) is 18.2 Å². The number of allylic oxidation sites excluding steroid dienone is 3. The van der Waals surface area contributed by atoms with Crippen LogP contribution in [0.3, 0.4) is 0 Å². The van der Waals surface area contributed by atoms with E-state index in [9.17, 15) is 14.7 Å². The standard InChI is InChI=1S/C24H33ClO5Si/c1-16-12-10-8-7-9-11-13-17(26)14-18-21(23(28)29-16)19(27)15-20(22(18)25)30-31(5,6)24(2,3)4/h8,10-11,13,15-16,27H,7,9,12,14H2,1-6H3/b10-8+,13-11+/t16-/m1/s1. The van der Waals surface area contributed by atoms with Gasteiger partial charge in [-0.2, -0.15) is 0 Å². The molecule has 0 fully saturated rings. The number of benzene rings is 1. The quantitative estimate of drug-likeness (QED) is 0.312. The lowest BCUT2D eigenvalue weighted by Gasteiger charge is -2.37. The largest absolute Gasteiger partial charge is 0.542 e. The molecule has 0 spiro atoms. The van der Waals surface area contributed by atoms with Gasteiger partial charge >= 0.3 is 5.97 Å². The van der Waals surface area contributed by atoms with Crippen LogP contribution in [0.1, 0.15) is 62.9 Å². The van der Waals surface area contributed by atoms with Crippen molar-refractivity contribution in [3.63, 3.8) is 0 Å². The van der Waals surface area contributed by atoms with E-state index in [4.69, 9.17) is 20.8 Å². The molecule has 1 aliphatic rings. The minimum atomic E-state index is -2.28. The number of phenols is 1. The third kappa shape index (κ3) is 6.47. The first kappa shape index (κ1) is 25.2. The van der Waals surface area contributed by atoms with E-state index >= 15 is 0 Å². The first-order valence-corrected chi connectivity index (χ1v) is 13.9. The molecule has 0 aliphatic carbocycles. The van der Waals surface area contributed by atoms with E-state index in [0.717, 1.165) is 12.8 Å². The fourth-order valence-electron chi connectivity index (χ4n) is 2.90. The van der Waals surface area contributed by atoms with Crippen LogP contribution in [0.4, 0.5) is 0 Å². The summed E-state index contributed by atoms with van der Waals surface area (Å²) in [5.41, 5.74) is 0.150. The summed E-state index contributed by atoms with van der Waals surface area (Å²) in [7, 11) is -2.28. The van der Waals surface area contributed by atoms with Gasteiger partial charge < -0.3 is 14.3 Å². The lowest BCUT2D eigenvalue weighted by molar-refractivity contribution is -0.114. The molecule has 0 saturated carbocycles. The van der Waals surface area contributed by atoms with Crippen molar-refractivity contribution in [2.45, 2.75) is 77.6 Å². The summed E-state index contributed by atoms with van der Waals surface area (Å²) in [5.74, 6) is -0.937. The Balaban J connectivity index is 2.57. The molecule has 0 amide bonds. The Labute approximate surface area is 191 Å². The molecule has 170 valence electrons. The van der Waals surface area contributed by atoms with Gasteiger partial charge in [0.25, 0.3) is 8.32 Å². The summed E-state index contributed by atoms with van der Waals surface area (Å²) in [5, 5.41) is 10.8. The average molecular weight is 465 g/mol. The number of ketones is 1. The molecule has 1 aromatic carbocycles. The molecule has 1 aliphatic heterocycles. The van der Waals surface area contributed by atoms with Crippen molar-refractivity contribution < 1.29 is 23.9 Å². The highest BCUT2D eigenvalue weighted by molar-refractivity contribution is 6.74. The predicted molar refractivity (Wildman–Crippen MR) is 127 cm³/mol. The highest BCUT2D eigenvalue weighted by Gasteiger charge is 2.40. The SMILES string of the molecule is C[C@@H]1C/C=C/CC/C=C/C(=O)Cc2c(Cl)c(O[Si](C)(C)C(C)(C)C)cc(O)c2C(=O)O1. The van der Waals surface area contributed by atoms with Crippen LogP contribution in [0.15, 0.2) is 30.4 Å². The molecule has 31 heavy (non-hydrogen) atoms. The Hall–Kier alpha value is -2.05. The van der Waals surface area contributed by atoms with Crippen LogP contribution < -0.4 is 4.43 Å². The molecule has 0 radical (unpaired) electrons. The second-order valence-corrected chi connectivity index (χ2v) is 14.6. The van der Waals surface area contributed by atoms with Crippen molar-refractivity contribution in [1.29, 1.82) is 0 Å². The fraction of sp³-hybridized carbons (Fsp3) is 0.500. The molecule has 1 aromatic rings. The van der Waals surface area contributed by atoms with Gasteiger partial charge in [-0.05, 0) is 44.0 Å². The zero-order valence-corrected chi connectivity index (χ0v) is 21.0. The van der Waals surface area contributed by atoms with Crippen LogP contribution in [-0.2, 0) is 16.0 Å². The monoisotopic (exact) mass is 464 g/mol. The van der Waals surface area contributed by atoms with Crippen molar-refractivity contribution >= 4 is 31.7 Å². The Kier molecular flexibility index (Phi) is 8.17. The minimum absolute atomic E-state index is 0.0813. The zero-order valence-electron chi connectivity index (χ0n) is 19.3. The maximum Gasteiger partial charge on any atom is 0.342 e. The molecule has 0 aromatic heterocycles. The zero-order chi connectivity index (χ0) is 23.4. The van der Waals surface area contributed by atoms with Gasteiger partial charge in [-0.1, -0.05) is 50.6 Å². The van der Waals surface area contributed by atoms with Gasteiger partial charge in [0, 0.05) is 24.5 Å². The number of esters is 1. The Bertz CT molecular complexity index is 896. The molecule has 0 saturated heterocycles. The van der Waals surface area contributed by atoms with Crippen LogP contribution in [0, 0.1) is 0 Å². The summed E-state index contributed by atoms with van der Waals surface area (Å²) >= 11 is 6.66. The molecule has 2 rings (SSSR count). The van der Waals surface area contributed by atoms with E-state index in [0.29, 0.717) is 6.42 Å². The van der Waals surface area contributed by atoms with E-state index in [1.165, 1.54) is 12.1 Å². The van der Waals surface area contributed by atoms with Crippen LogP contribution in [0.5, 0.6) is 11.5 Å². The lowest BCUT2D eigenvalue weighted by Crippen LogP contribution is -2.44. The number of hydrogen-bond acceptors (Lipinski definition) is 5. The molecule has 1 N–H and O–H groups in total. The summed E-state index contributed by atoms with van der Waals surface area (Å²) in [4.78, 5) is 25.5. The van der Waals surface area contributed by atoms with Crippen LogP contribution in [0.25, 0.3) is 0 Å². The van der Waals surface area contributed by atoms with Gasteiger partial charge in [0.1, 0.15) is 23.2 Å². The Morgan fingerprint density at radius 2 is 1.81 bits per heavy atom. The minimum Gasteiger partial charge on any atom is -0.542 e. The third-order valence-electron chi connectivity index (χ3n) is 5.78. The number of fused-ring (bicyclic) bond motifs is 1. The number of hydrogen-bond donors (Lipinski definition) is 1. The number of halogens is 1.